The van der Waals surface area contributed by atoms with E-state index in [1.807, 2.05) is 53.8 Å². The van der Waals surface area contributed by atoms with Crippen LogP contribution in [-0.4, -0.2) is 101 Å². The van der Waals surface area contributed by atoms with Crippen molar-refractivity contribution in [2.75, 3.05) is 45.3 Å². The zero-order valence-corrected chi connectivity index (χ0v) is 44.9. The van der Waals surface area contributed by atoms with E-state index in [0.29, 0.717) is 72.6 Å². The maximum Gasteiger partial charge on any atom is 0.188 e. The van der Waals surface area contributed by atoms with Gasteiger partial charge in [-0.3, -0.25) is 4.99 Å². The molecule has 3 saturated carbocycles. The Bertz CT molecular complexity index is 2160. The highest BCUT2D eigenvalue weighted by Gasteiger charge is 2.53. The number of aromatic amines is 1. The van der Waals surface area contributed by atoms with Crippen LogP contribution in [0.4, 0.5) is 0 Å². The summed E-state index contributed by atoms with van der Waals surface area (Å²) < 4.78 is 12.6. The fraction of sp³-hybridized carbons (Fsp3) is 0.732. The number of phenols is 1. The number of benzene rings is 1. The number of likely N-dealkylation sites (N-methyl/N-ethyl adjacent to an activating group) is 1. The van der Waals surface area contributed by atoms with Gasteiger partial charge in [0.15, 0.2) is 17.5 Å². The fourth-order valence-electron chi connectivity index (χ4n) is 14.0. The van der Waals surface area contributed by atoms with E-state index < -0.39 is 12.2 Å². The number of unbranched alkanes of at least 4 members (excludes halogenated alkanes) is 1. The third-order valence-electron chi connectivity index (χ3n) is 17.9. The van der Waals surface area contributed by atoms with Gasteiger partial charge in [0.05, 0.1) is 12.7 Å². The summed E-state index contributed by atoms with van der Waals surface area (Å²) in [6.07, 6.45) is 18.6. The molecule has 4 aliphatic carbocycles. The summed E-state index contributed by atoms with van der Waals surface area (Å²) in [6, 6.07) is 10.3. The Kier molecular flexibility index (Phi) is 19.6. The number of fused-ring (bicyclic) bond motifs is 5. The second-order valence-electron chi connectivity index (χ2n) is 22.6. The first kappa shape index (κ1) is 54.4. The van der Waals surface area contributed by atoms with Gasteiger partial charge in [0, 0.05) is 85.5 Å². The van der Waals surface area contributed by atoms with E-state index in [-0.39, 0.29) is 42.4 Å². The highest BCUT2D eigenvalue weighted by molar-refractivity contribution is 8.76. The minimum atomic E-state index is -0.913. The van der Waals surface area contributed by atoms with E-state index in [0.717, 1.165) is 78.5 Å². The molecule has 0 radical (unpaired) electrons. The predicted octanol–water partition coefficient (Wildman–Crippen LogP) is 8.27. The molecule has 12 atom stereocenters. The number of aliphatic hydroxyl groups excluding tert-OH is 3. The summed E-state index contributed by atoms with van der Waals surface area (Å²) in [7, 11) is 7.65. The van der Waals surface area contributed by atoms with E-state index in [2.05, 4.69) is 38.9 Å². The molecule has 2 bridgehead atoms. The number of aromatic nitrogens is 1. The minimum absolute atomic E-state index is 0.00445. The van der Waals surface area contributed by atoms with Gasteiger partial charge >= 0.3 is 0 Å². The van der Waals surface area contributed by atoms with Crippen LogP contribution in [-0.2, 0) is 32.3 Å². The topological polar surface area (TPSA) is 220 Å². The molecular weight excluding hydrogens is 931 g/mol. The molecule has 3 aromatic rings. The van der Waals surface area contributed by atoms with Gasteiger partial charge in [-0.15, -0.1) is 0 Å². The Morgan fingerprint density at radius 1 is 0.986 bits per heavy atom. The van der Waals surface area contributed by atoms with Gasteiger partial charge in [0.25, 0.3) is 0 Å². The normalized spacial score (nSPS) is 29.2. The molecule has 13 nitrogen and oxygen atoms in total. The number of ether oxygens (including phenoxy) is 1. The molecule has 5 aliphatic rings. The first-order valence-corrected chi connectivity index (χ1v) is 30.0. The standard InChI is InChI=1S/C56H89N7O6S2/c1-34-14-17-38-23-40(32-70-71-33-49(34)63-55(58)60-4)45(57)25-37(38)10-5-6-13-52-39(30-64)24-41(69-52)18-15-36-16-19-50(66)53(22-36)68-31-51(67)46-26-43-47(62-46)27-56(20-7-8-21-56)44-12-9-11-42(44)54(43)48(29-59-3)61-28-35(2)65/h16,19,22,24,26,34-35,37-38,40,42,44-45,48-49,51,54,59,61-62,64-67H,5-15,17-18,20-21,23,25,27-33,57H2,1-4H3,(H3,58,60,63)/t34-,35+,37-,38-,40-,42-,44+,45+,48+,49-,51+,54+/m1/s1. The molecule has 1 spiro atoms. The van der Waals surface area contributed by atoms with Crippen LogP contribution in [0.2, 0.25) is 0 Å². The zero-order valence-electron chi connectivity index (χ0n) is 43.3. The summed E-state index contributed by atoms with van der Waals surface area (Å²) in [4.78, 5) is 7.91. The van der Waals surface area contributed by atoms with Crippen LogP contribution in [0, 0.1) is 40.9 Å². The highest BCUT2D eigenvalue weighted by Crippen LogP contribution is 2.60. The molecule has 8 rings (SSSR count). The zero-order chi connectivity index (χ0) is 50.1. The number of nitrogens with two attached hydrogens (primary N) is 2. The lowest BCUT2D eigenvalue weighted by atomic mass is 9.65. The van der Waals surface area contributed by atoms with Crippen LogP contribution < -0.4 is 32.2 Å². The Hall–Kier alpha value is -2.89. The molecule has 1 saturated heterocycles. The van der Waals surface area contributed by atoms with Crippen LogP contribution in [0.5, 0.6) is 11.5 Å². The number of aryl methyl sites for hydroxylation is 3. The number of hydrogen-bond donors (Lipinski definition) is 10. The van der Waals surface area contributed by atoms with E-state index in [1.54, 1.807) is 13.1 Å². The number of phenolic OH excluding ortho intramolecular Hbond substituents is 1. The minimum Gasteiger partial charge on any atom is -0.504 e. The number of rotatable bonds is 20. The van der Waals surface area contributed by atoms with Crippen molar-refractivity contribution in [3.8, 4) is 11.5 Å². The molecule has 1 aliphatic heterocycles. The average Bonchev–Trinajstić information content (AvgIpc) is 4.19. The summed E-state index contributed by atoms with van der Waals surface area (Å²) in [5.74, 6) is 8.58. The monoisotopic (exact) mass is 1020 g/mol. The van der Waals surface area contributed by atoms with Crippen molar-refractivity contribution < 1.29 is 29.6 Å². The molecule has 0 unspecified atom stereocenters. The molecule has 1 aromatic carbocycles. The van der Waals surface area contributed by atoms with Crippen molar-refractivity contribution in [1.29, 1.82) is 0 Å². The van der Waals surface area contributed by atoms with Crippen molar-refractivity contribution in [2.45, 2.75) is 172 Å². The summed E-state index contributed by atoms with van der Waals surface area (Å²) >= 11 is 0. The van der Waals surface area contributed by atoms with Crippen molar-refractivity contribution in [2.24, 2.45) is 57.4 Å². The number of nitrogens with one attached hydrogen (secondary N) is 4. The molecule has 396 valence electrons. The summed E-state index contributed by atoms with van der Waals surface area (Å²) in [5.41, 5.74) is 18.4. The van der Waals surface area contributed by atoms with Gasteiger partial charge in [-0.25, -0.2) is 0 Å². The molecule has 71 heavy (non-hydrogen) atoms. The number of aliphatic hydroxyl groups is 3. The van der Waals surface area contributed by atoms with Gasteiger partial charge in [0.1, 0.15) is 24.2 Å². The number of guanidine groups is 1. The maximum absolute atomic E-state index is 11.7. The quantitative estimate of drug-likeness (QED) is 0.0223. The van der Waals surface area contributed by atoms with Crippen molar-refractivity contribution in [3.63, 3.8) is 0 Å². The Balaban J connectivity index is 0.859. The van der Waals surface area contributed by atoms with Crippen LogP contribution in [0.15, 0.2) is 39.7 Å². The van der Waals surface area contributed by atoms with Crippen LogP contribution >= 0.6 is 21.6 Å². The largest absolute Gasteiger partial charge is 0.504 e. The van der Waals surface area contributed by atoms with Crippen LogP contribution in [0.25, 0.3) is 0 Å². The number of nitrogens with zero attached hydrogens (tertiary/aromatic N) is 1. The van der Waals surface area contributed by atoms with Crippen LogP contribution in [0.1, 0.15) is 155 Å². The molecule has 15 heteroatoms. The summed E-state index contributed by atoms with van der Waals surface area (Å²) in [6.45, 7) is 5.46. The number of aliphatic imine (C=N–C) groups is 1. The Morgan fingerprint density at radius 2 is 1.80 bits per heavy atom. The fourth-order valence-corrected chi connectivity index (χ4v) is 16.9. The molecule has 4 fully saturated rings. The van der Waals surface area contributed by atoms with Gasteiger partial charge in [-0.05, 0) is 161 Å². The Morgan fingerprint density at radius 3 is 2.58 bits per heavy atom. The van der Waals surface area contributed by atoms with Gasteiger partial charge in [-0.1, -0.05) is 66.7 Å². The lowest BCUT2D eigenvalue weighted by Crippen LogP contribution is -2.47. The van der Waals surface area contributed by atoms with Crippen molar-refractivity contribution in [1.82, 2.24) is 20.9 Å². The van der Waals surface area contributed by atoms with E-state index >= 15 is 0 Å². The second kappa shape index (κ2) is 25.6. The summed E-state index contributed by atoms with van der Waals surface area (Å²) in [5, 5.41) is 54.0. The van der Waals surface area contributed by atoms with Crippen molar-refractivity contribution >= 4 is 27.5 Å². The highest BCUT2D eigenvalue weighted by atomic mass is 33.1. The third kappa shape index (κ3) is 13.5. The smallest absolute Gasteiger partial charge is 0.188 e. The van der Waals surface area contributed by atoms with E-state index in [1.165, 1.54) is 81.9 Å². The van der Waals surface area contributed by atoms with Gasteiger partial charge in [-0.2, -0.15) is 0 Å². The van der Waals surface area contributed by atoms with Crippen LogP contribution in [0.3, 0.4) is 0 Å². The van der Waals surface area contributed by atoms with Gasteiger partial charge < -0.3 is 62.0 Å². The number of hydrogen-bond acceptors (Lipinski definition) is 12. The first-order valence-electron chi connectivity index (χ1n) is 27.5. The van der Waals surface area contributed by atoms with E-state index in [4.69, 9.17) is 20.6 Å². The second-order valence-corrected chi connectivity index (χ2v) is 25.2. The average molecular weight is 1020 g/mol. The molecule has 2 aromatic heterocycles. The molecular formula is C56H89N7O6S2. The Labute approximate surface area is 432 Å². The van der Waals surface area contributed by atoms with E-state index in [9.17, 15) is 20.4 Å². The number of aromatic hydroxyl groups is 1. The first-order chi connectivity index (χ1) is 34.4. The maximum atomic E-state index is 11.7. The molecule has 12 N–H and O–H groups in total. The third-order valence-corrected chi connectivity index (χ3v) is 20.4. The lowest BCUT2D eigenvalue weighted by Gasteiger charge is -2.41. The SMILES string of the molecule is CN=C(N)N[C@@H]1CSSC[C@H]2C[C@@H](CC[C@H]1C)[C@H](CCCCc1oc(CCc3ccc(O)c(OC[C@H](O)c4cc5c([nH]4)CC4(CCCC4)[C@H]4CCC[C@H]4[C@@H]5[C@H](CNC)NC[C@H](C)O)c3)cc1CO)C[C@@H]2N. The molecule has 3 heterocycles. The van der Waals surface area contributed by atoms with Crippen molar-refractivity contribution in [3.05, 3.63) is 69.9 Å². The number of H-pyrrole nitrogens is 1. The molecule has 0 amide bonds. The van der Waals surface area contributed by atoms with Gasteiger partial charge in [0.2, 0.25) is 0 Å². The lowest BCUT2D eigenvalue weighted by molar-refractivity contribution is 0.0996. The number of furan rings is 1. The predicted molar refractivity (Wildman–Crippen MR) is 290 cm³/mol.